The fourth-order valence-corrected chi connectivity index (χ4v) is 1.83. The Balaban J connectivity index is 1.88. The smallest absolute Gasteiger partial charge is 0.411 e. The van der Waals surface area contributed by atoms with Crippen LogP contribution in [0.1, 0.15) is 17.3 Å². The molecule has 0 aliphatic rings. The summed E-state index contributed by atoms with van der Waals surface area (Å²) in [6.07, 6.45) is -1.69. The molecule has 0 spiro atoms. The molecule has 0 radical (unpaired) electrons. The van der Waals surface area contributed by atoms with Gasteiger partial charge in [-0.3, -0.25) is 4.79 Å². The monoisotopic (exact) mass is 343 g/mol. The number of alkyl halides is 3. The molecule has 6 nitrogen and oxygen atoms in total. The highest BCUT2D eigenvalue weighted by atomic mass is 19.4. The zero-order valence-electron chi connectivity index (χ0n) is 12.8. The van der Waals surface area contributed by atoms with Crippen LogP contribution in [0, 0.1) is 0 Å². The lowest BCUT2D eigenvalue weighted by Crippen LogP contribution is -2.18. The highest BCUT2D eigenvalue weighted by molar-refractivity contribution is 6.04. The molecule has 1 amide bonds. The number of amides is 1. The second kappa shape index (κ2) is 7.82. The minimum Gasteiger partial charge on any atom is -0.494 e. The van der Waals surface area contributed by atoms with Crippen LogP contribution < -0.4 is 10.1 Å². The molecular weight excluding hydrogens is 327 g/mol. The lowest BCUT2D eigenvalue weighted by Gasteiger charge is -2.07. The summed E-state index contributed by atoms with van der Waals surface area (Å²) in [5, 5.41) is 6.41. The van der Waals surface area contributed by atoms with Gasteiger partial charge in [-0.1, -0.05) is 0 Å². The Hall–Kier alpha value is -2.55. The zero-order chi connectivity index (χ0) is 17.6. The number of rotatable bonds is 7. The number of hydrogen-bond acceptors (Lipinski definition) is 4. The van der Waals surface area contributed by atoms with Crippen molar-refractivity contribution in [1.29, 1.82) is 0 Å². The number of halogens is 3. The molecule has 0 fully saturated rings. The standard InChI is InChI=1S/C15H16F3N3O3/c1-2-24-13-5-3-11(4-6-13)14(22)20-12-7-19-21(8-12)10-23-9-15(16,17)18/h3-8H,2,9-10H2,1H3,(H,20,22). The van der Waals surface area contributed by atoms with E-state index in [0.29, 0.717) is 23.6 Å². The summed E-state index contributed by atoms with van der Waals surface area (Å²) in [6, 6.07) is 6.56. The van der Waals surface area contributed by atoms with Crippen molar-refractivity contribution in [3.63, 3.8) is 0 Å². The van der Waals surface area contributed by atoms with Crippen molar-refractivity contribution in [3.05, 3.63) is 42.2 Å². The van der Waals surface area contributed by atoms with Crippen LogP contribution in [0.15, 0.2) is 36.7 Å². The average molecular weight is 343 g/mol. The first kappa shape index (κ1) is 17.8. The Morgan fingerprint density at radius 3 is 2.62 bits per heavy atom. The molecule has 2 rings (SSSR count). The molecule has 2 aromatic rings. The number of aromatic nitrogens is 2. The number of nitrogens with one attached hydrogen (secondary N) is 1. The largest absolute Gasteiger partial charge is 0.494 e. The van der Waals surface area contributed by atoms with Gasteiger partial charge in [0.25, 0.3) is 5.91 Å². The molecule has 9 heteroatoms. The van der Waals surface area contributed by atoms with E-state index in [1.807, 2.05) is 6.92 Å². The van der Waals surface area contributed by atoms with Gasteiger partial charge < -0.3 is 14.8 Å². The van der Waals surface area contributed by atoms with Crippen LogP contribution in [0.25, 0.3) is 0 Å². The molecule has 1 aromatic heterocycles. The van der Waals surface area contributed by atoms with Crippen molar-refractivity contribution in [3.8, 4) is 5.75 Å². The van der Waals surface area contributed by atoms with Crippen LogP contribution in [-0.2, 0) is 11.5 Å². The summed E-state index contributed by atoms with van der Waals surface area (Å²) in [5.41, 5.74) is 0.768. The van der Waals surface area contributed by atoms with Crippen LogP contribution in [0.4, 0.5) is 18.9 Å². The van der Waals surface area contributed by atoms with Crippen molar-refractivity contribution >= 4 is 11.6 Å². The van der Waals surface area contributed by atoms with Gasteiger partial charge in [0.2, 0.25) is 0 Å². The van der Waals surface area contributed by atoms with Crippen LogP contribution in [0.3, 0.4) is 0 Å². The predicted molar refractivity (Wildman–Crippen MR) is 79.8 cm³/mol. The number of carbonyl (C=O) groups excluding carboxylic acids is 1. The van der Waals surface area contributed by atoms with Gasteiger partial charge in [-0.15, -0.1) is 0 Å². The van der Waals surface area contributed by atoms with Gasteiger partial charge in [-0.25, -0.2) is 4.68 Å². The number of ether oxygens (including phenoxy) is 2. The third-order valence-corrected chi connectivity index (χ3v) is 2.81. The van der Waals surface area contributed by atoms with Crippen molar-refractivity contribution in [2.24, 2.45) is 0 Å². The average Bonchev–Trinajstić information content (AvgIpc) is 2.94. The van der Waals surface area contributed by atoms with Gasteiger partial charge in [0.1, 0.15) is 19.1 Å². The number of benzene rings is 1. The third-order valence-electron chi connectivity index (χ3n) is 2.81. The molecular formula is C15H16F3N3O3. The lowest BCUT2D eigenvalue weighted by atomic mass is 10.2. The van der Waals surface area contributed by atoms with Gasteiger partial charge in [0, 0.05) is 5.56 Å². The first-order valence-electron chi connectivity index (χ1n) is 7.08. The summed E-state index contributed by atoms with van der Waals surface area (Å²) < 4.78 is 46.8. The highest BCUT2D eigenvalue weighted by Gasteiger charge is 2.27. The molecule has 24 heavy (non-hydrogen) atoms. The Kier molecular flexibility index (Phi) is 5.80. The van der Waals surface area contributed by atoms with Gasteiger partial charge >= 0.3 is 6.18 Å². The van der Waals surface area contributed by atoms with Crippen molar-refractivity contribution in [1.82, 2.24) is 9.78 Å². The SMILES string of the molecule is CCOc1ccc(C(=O)Nc2cnn(COCC(F)(F)F)c2)cc1. The van der Waals surface area contributed by atoms with E-state index in [0.717, 1.165) is 4.68 Å². The molecule has 1 aromatic carbocycles. The van der Waals surface area contributed by atoms with Gasteiger partial charge in [0.15, 0.2) is 0 Å². The minimum atomic E-state index is -4.39. The Morgan fingerprint density at radius 1 is 1.29 bits per heavy atom. The van der Waals surface area contributed by atoms with E-state index in [2.05, 4.69) is 15.2 Å². The number of nitrogens with zero attached hydrogens (tertiary/aromatic N) is 2. The molecule has 0 saturated heterocycles. The van der Waals surface area contributed by atoms with E-state index >= 15 is 0 Å². The summed E-state index contributed by atoms with van der Waals surface area (Å²) in [5.74, 6) is 0.289. The van der Waals surface area contributed by atoms with Crippen molar-refractivity contribution in [2.75, 3.05) is 18.5 Å². The maximum Gasteiger partial charge on any atom is 0.411 e. The van der Waals surface area contributed by atoms with Gasteiger partial charge in [-0.05, 0) is 31.2 Å². The normalized spacial score (nSPS) is 11.3. The van der Waals surface area contributed by atoms with Crippen LogP contribution in [-0.4, -0.2) is 35.1 Å². The summed E-state index contributed by atoms with van der Waals surface area (Å²) >= 11 is 0. The molecule has 1 heterocycles. The van der Waals surface area contributed by atoms with E-state index in [1.54, 1.807) is 24.3 Å². The van der Waals surface area contributed by atoms with Crippen molar-refractivity contribution < 1.29 is 27.4 Å². The summed E-state index contributed by atoms with van der Waals surface area (Å²) in [4.78, 5) is 12.1. The van der Waals surface area contributed by atoms with Gasteiger partial charge in [-0.2, -0.15) is 18.3 Å². The first-order chi connectivity index (χ1) is 11.4. The molecule has 0 atom stereocenters. The quantitative estimate of drug-likeness (QED) is 0.839. The molecule has 1 N–H and O–H groups in total. The molecule has 0 aliphatic carbocycles. The number of carbonyl (C=O) groups is 1. The predicted octanol–water partition coefficient (Wildman–Crippen LogP) is 3.07. The summed E-state index contributed by atoms with van der Waals surface area (Å²) in [7, 11) is 0. The number of hydrogen-bond donors (Lipinski definition) is 1. The molecule has 130 valence electrons. The molecule has 0 unspecified atom stereocenters. The lowest BCUT2D eigenvalue weighted by molar-refractivity contribution is -0.182. The zero-order valence-corrected chi connectivity index (χ0v) is 12.8. The topological polar surface area (TPSA) is 65.4 Å². The molecule has 0 aliphatic heterocycles. The van der Waals surface area contributed by atoms with E-state index in [1.165, 1.54) is 12.4 Å². The Morgan fingerprint density at radius 2 is 2.00 bits per heavy atom. The maximum atomic E-state index is 12.1. The Bertz CT molecular complexity index is 669. The third kappa shape index (κ3) is 5.58. The minimum absolute atomic E-state index is 0.351. The van der Waals surface area contributed by atoms with Crippen LogP contribution >= 0.6 is 0 Å². The van der Waals surface area contributed by atoms with E-state index in [-0.39, 0.29) is 12.6 Å². The summed E-state index contributed by atoms with van der Waals surface area (Å²) in [6.45, 7) is 0.664. The van der Waals surface area contributed by atoms with Crippen LogP contribution in [0.2, 0.25) is 0 Å². The molecule has 0 bridgehead atoms. The fraction of sp³-hybridized carbons (Fsp3) is 0.333. The number of anilines is 1. The van der Waals surface area contributed by atoms with Crippen molar-refractivity contribution in [2.45, 2.75) is 19.8 Å². The highest BCUT2D eigenvalue weighted by Crippen LogP contribution is 2.16. The fourth-order valence-electron chi connectivity index (χ4n) is 1.83. The Labute approximate surface area is 136 Å². The molecule has 0 saturated carbocycles. The van der Waals surface area contributed by atoms with Gasteiger partial charge in [0.05, 0.1) is 24.7 Å². The second-order valence-corrected chi connectivity index (χ2v) is 4.77. The van der Waals surface area contributed by atoms with E-state index < -0.39 is 12.8 Å². The van der Waals surface area contributed by atoms with E-state index in [4.69, 9.17) is 4.74 Å². The first-order valence-corrected chi connectivity index (χ1v) is 7.08. The maximum absolute atomic E-state index is 12.1. The van der Waals surface area contributed by atoms with Crippen LogP contribution in [0.5, 0.6) is 5.75 Å². The van der Waals surface area contributed by atoms with E-state index in [9.17, 15) is 18.0 Å². The second-order valence-electron chi connectivity index (χ2n) is 4.77.